The first-order valence-electron chi connectivity index (χ1n) is 6.15. The van der Waals surface area contributed by atoms with Crippen molar-refractivity contribution < 1.29 is 14.4 Å². The Bertz CT molecular complexity index is 558. The predicted molar refractivity (Wildman–Crippen MR) is 72.8 cm³/mol. The second-order valence-electron chi connectivity index (χ2n) is 4.18. The lowest BCUT2D eigenvalue weighted by atomic mass is 10.1. The Morgan fingerprint density at radius 3 is 2.70 bits per heavy atom. The summed E-state index contributed by atoms with van der Waals surface area (Å²) < 4.78 is 0. The zero-order chi connectivity index (χ0) is 14.2. The highest BCUT2D eigenvalue weighted by Gasteiger charge is 2.12. The number of aldehydes is 1. The quantitative estimate of drug-likeness (QED) is 0.637. The summed E-state index contributed by atoms with van der Waals surface area (Å²) in [5, 5.41) is 0. The van der Waals surface area contributed by atoms with Gasteiger partial charge in [0, 0.05) is 12.4 Å². The number of rotatable bonds is 6. The second-order valence-corrected chi connectivity index (χ2v) is 4.18. The molecule has 0 aliphatic carbocycles. The maximum atomic E-state index is 11.7. The third-order valence-electron chi connectivity index (χ3n) is 2.66. The molecule has 1 aromatic carbocycles. The molecule has 2 aromatic rings. The zero-order valence-corrected chi connectivity index (χ0v) is 10.7. The van der Waals surface area contributed by atoms with Gasteiger partial charge in [-0.15, -0.1) is 5.48 Å². The summed E-state index contributed by atoms with van der Waals surface area (Å²) in [4.78, 5) is 31.4. The zero-order valence-electron chi connectivity index (χ0n) is 10.7. The number of hydroxylamine groups is 1. The molecule has 20 heavy (non-hydrogen) atoms. The van der Waals surface area contributed by atoms with Crippen molar-refractivity contribution in [2.75, 3.05) is 0 Å². The summed E-state index contributed by atoms with van der Waals surface area (Å²) in [7, 11) is 0. The Labute approximate surface area is 116 Å². The molecule has 1 aromatic heterocycles. The minimum Gasteiger partial charge on any atom is -0.366 e. The number of benzene rings is 1. The number of pyridine rings is 1. The van der Waals surface area contributed by atoms with Crippen LogP contribution in [0.3, 0.4) is 0 Å². The minimum atomic E-state index is -0.585. The van der Waals surface area contributed by atoms with Crippen LogP contribution in [0.1, 0.15) is 15.9 Å². The van der Waals surface area contributed by atoms with Crippen molar-refractivity contribution in [2.24, 2.45) is 0 Å². The van der Waals surface area contributed by atoms with Crippen LogP contribution in [-0.4, -0.2) is 23.3 Å². The summed E-state index contributed by atoms with van der Waals surface area (Å²) in [6.45, 7) is 0. The smallest absolute Gasteiger partial charge is 0.358 e. The van der Waals surface area contributed by atoms with Gasteiger partial charge in [0.2, 0.25) is 0 Å². The van der Waals surface area contributed by atoms with Crippen LogP contribution in [-0.2, 0) is 16.1 Å². The van der Waals surface area contributed by atoms with Crippen molar-refractivity contribution in [1.29, 1.82) is 0 Å². The second kappa shape index (κ2) is 7.16. The number of hydrogen-bond acceptors (Lipinski definition) is 5. The molecule has 0 saturated carbocycles. The van der Waals surface area contributed by atoms with E-state index in [0.29, 0.717) is 18.3 Å². The van der Waals surface area contributed by atoms with Gasteiger partial charge in [-0.3, -0.25) is 4.98 Å². The van der Waals surface area contributed by atoms with E-state index in [1.54, 1.807) is 18.3 Å². The molecular weight excluding hydrogens is 256 g/mol. The van der Waals surface area contributed by atoms with Crippen LogP contribution < -0.4 is 5.48 Å². The van der Waals surface area contributed by atoms with Crippen molar-refractivity contribution in [3.05, 3.63) is 66.0 Å². The van der Waals surface area contributed by atoms with E-state index in [1.165, 1.54) is 6.20 Å². The lowest BCUT2D eigenvalue weighted by Gasteiger charge is -2.12. The third kappa shape index (κ3) is 4.00. The van der Waals surface area contributed by atoms with E-state index in [0.717, 1.165) is 5.56 Å². The highest BCUT2D eigenvalue weighted by atomic mass is 16.7. The molecule has 1 heterocycles. The molecule has 0 saturated heterocycles. The van der Waals surface area contributed by atoms with E-state index in [-0.39, 0.29) is 0 Å². The molecule has 102 valence electrons. The van der Waals surface area contributed by atoms with E-state index in [2.05, 4.69) is 10.5 Å². The molecule has 0 aliphatic heterocycles. The normalized spacial score (nSPS) is 11.6. The lowest BCUT2D eigenvalue weighted by molar-refractivity contribution is -0.112. The fourth-order valence-corrected chi connectivity index (χ4v) is 1.66. The molecule has 0 radical (unpaired) electrons. The van der Waals surface area contributed by atoms with Crippen molar-refractivity contribution in [1.82, 2.24) is 10.5 Å². The Morgan fingerprint density at radius 2 is 2.05 bits per heavy atom. The molecule has 0 amide bonds. The van der Waals surface area contributed by atoms with Gasteiger partial charge in [0.05, 0.1) is 5.56 Å². The first-order chi connectivity index (χ1) is 9.79. The third-order valence-corrected chi connectivity index (χ3v) is 2.66. The van der Waals surface area contributed by atoms with Gasteiger partial charge in [-0.05, 0) is 24.1 Å². The summed E-state index contributed by atoms with van der Waals surface area (Å²) in [5.74, 6) is -0.571. The van der Waals surface area contributed by atoms with Crippen LogP contribution in [0.5, 0.6) is 0 Å². The van der Waals surface area contributed by atoms with Gasteiger partial charge in [-0.2, -0.15) is 0 Å². The van der Waals surface area contributed by atoms with Gasteiger partial charge in [-0.25, -0.2) is 4.79 Å². The molecular formula is C15H14N2O3. The number of aromatic nitrogens is 1. The molecule has 1 N–H and O–H groups in total. The molecule has 0 fully saturated rings. The topological polar surface area (TPSA) is 68.3 Å². The average Bonchev–Trinajstić information content (AvgIpc) is 2.53. The first-order valence-corrected chi connectivity index (χ1v) is 6.15. The molecule has 5 nitrogen and oxygen atoms in total. The molecule has 2 rings (SSSR count). The van der Waals surface area contributed by atoms with Crippen LogP contribution in [0.25, 0.3) is 0 Å². The average molecular weight is 270 g/mol. The number of carbonyl (C=O) groups is 2. The summed E-state index contributed by atoms with van der Waals surface area (Å²) in [6, 6.07) is 12.1. The Morgan fingerprint density at radius 1 is 1.25 bits per heavy atom. The van der Waals surface area contributed by atoms with Crippen molar-refractivity contribution in [3.8, 4) is 0 Å². The number of nitrogens with zero attached hydrogens (tertiary/aromatic N) is 1. The number of carbonyl (C=O) groups excluding carboxylic acids is 2. The number of hydrogen-bond donors (Lipinski definition) is 1. The molecule has 0 unspecified atom stereocenters. The molecule has 0 bridgehead atoms. The minimum absolute atomic E-state index is 0.323. The Balaban J connectivity index is 1.88. The highest BCUT2D eigenvalue weighted by Crippen LogP contribution is 2.03. The van der Waals surface area contributed by atoms with Crippen molar-refractivity contribution >= 4 is 12.3 Å². The van der Waals surface area contributed by atoms with Crippen LogP contribution in [0.15, 0.2) is 54.9 Å². The molecule has 0 aliphatic rings. The Hall–Kier alpha value is -2.53. The Kier molecular flexibility index (Phi) is 4.97. The fraction of sp³-hybridized carbons (Fsp3) is 0.133. The van der Waals surface area contributed by atoms with Crippen molar-refractivity contribution in [2.45, 2.75) is 12.5 Å². The van der Waals surface area contributed by atoms with Gasteiger partial charge >= 0.3 is 5.97 Å². The SMILES string of the molecule is O=C[C@H](Cc1ccccc1)NOC(=O)c1cccnc1. The molecule has 1 atom stereocenters. The van der Waals surface area contributed by atoms with Crippen LogP contribution in [0.2, 0.25) is 0 Å². The summed E-state index contributed by atoms with van der Waals surface area (Å²) in [6.07, 6.45) is 4.12. The van der Waals surface area contributed by atoms with Crippen LogP contribution in [0.4, 0.5) is 0 Å². The first kappa shape index (κ1) is 13.9. The van der Waals surface area contributed by atoms with Gasteiger partial charge < -0.3 is 9.63 Å². The van der Waals surface area contributed by atoms with Gasteiger partial charge in [0.15, 0.2) is 0 Å². The largest absolute Gasteiger partial charge is 0.366 e. The highest BCUT2D eigenvalue weighted by molar-refractivity contribution is 5.88. The van der Waals surface area contributed by atoms with E-state index in [1.807, 2.05) is 30.3 Å². The fourth-order valence-electron chi connectivity index (χ4n) is 1.66. The number of nitrogens with one attached hydrogen (secondary N) is 1. The van der Waals surface area contributed by atoms with E-state index in [4.69, 9.17) is 4.84 Å². The summed E-state index contributed by atoms with van der Waals surface area (Å²) >= 11 is 0. The molecule has 5 heteroatoms. The van der Waals surface area contributed by atoms with E-state index >= 15 is 0 Å². The predicted octanol–water partition coefficient (Wildman–Crippen LogP) is 1.55. The standard InChI is InChI=1S/C15H14N2O3/c18-11-14(9-12-5-2-1-3-6-12)17-20-15(19)13-7-4-8-16-10-13/h1-8,10-11,14,17H,9H2/t14-/m0/s1. The summed E-state index contributed by atoms with van der Waals surface area (Å²) in [5.41, 5.74) is 3.78. The molecule has 0 spiro atoms. The van der Waals surface area contributed by atoms with Crippen molar-refractivity contribution in [3.63, 3.8) is 0 Å². The monoisotopic (exact) mass is 270 g/mol. The van der Waals surface area contributed by atoms with Gasteiger partial charge in [-0.1, -0.05) is 30.3 Å². The lowest BCUT2D eigenvalue weighted by Crippen LogP contribution is -2.34. The van der Waals surface area contributed by atoms with Crippen LogP contribution in [0, 0.1) is 0 Å². The maximum absolute atomic E-state index is 11.7. The van der Waals surface area contributed by atoms with E-state index < -0.39 is 12.0 Å². The van der Waals surface area contributed by atoms with Gasteiger partial charge in [0.25, 0.3) is 0 Å². The van der Waals surface area contributed by atoms with E-state index in [9.17, 15) is 9.59 Å². The van der Waals surface area contributed by atoms with Crippen LogP contribution >= 0.6 is 0 Å². The maximum Gasteiger partial charge on any atom is 0.358 e. The van der Waals surface area contributed by atoms with Gasteiger partial charge in [0.1, 0.15) is 12.3 Å².